The van der Waals surface area contributed by atoms with Gasteiger partial charge in [0.1, 0.15) is 0 Å². The second-order valence-electron chi connectivity index (χ2n) is 5.08. The van der Waals surface area contributed by atoms with E-state index in [4.69, 9.17) is 0 Å². The summed E-state index contributed by atoms with van der Waals surface area (Å²) >= 11 is 0. The largest absolute Gasteiger partial charge is 0.378 e. The Morgan fingerprint density at radius 2 is 1.71 bits per heavy atom. The van der Waals surface area contributed by atoms with E-state index in [0.29, 0.717) is 11.1 Å². The summed E-state index contributed by atoms with van der Waals surface area (Å²) in [7, 11) is 1.50. The number of amides is 2. The van der Waals surface area contributed by atoms with Gasteiger partial charge in [0, 0.05) is 31.2 Å². The lowest BCUT2D eigenvalue weighted by Crippen LogP contribution is -2.24. The number of pyridine rings is 1. The minimum atomic E-state index is -0.254. The first-order valence-electron chi connectivity index (χ1n) is 6.71. The van der Waals surface area contributed by atoms with Crippen LogP contribution in [-0.4, -0.2) is 28.7 Å². The molecule has 0 saturated carbocycles. The molecule has 21 heavy (non-hydrogen) atoms. The van der Waals surface area contributed by atoms with Crippen LogP contribution in [0.3, 0.4) is 0 Å². The number of benzene rings is 1. The Bertz CT molecular complexity index is 713. The van der Waals surface area contributed by atoms with Crippen LogP contribution in [-0.2, 0) is 0 Å². The van der Waals surface area contributed by atoms with Gasteiger partial charge >= 0.3 is 0 Å². The lowest BCUT2D eigenvalue weighted by Gasteiger charge is -2.15. The van der Waals surface area contributed by atoms with Crippen molar-refractivity contribution in [2.24, 2.45) is 0 Å². The molecule has 1 aliphatic heterocycles. The minimum absolute atomic E-state index is 0.0796. The summed E-state index contributed by atoms with van der Waals surface area (Å²) in [6.45, 7) is 2.03. The van der Waals surface area contributed by atoms with Crippen LogP contribution in [0.2, 0.25) is 0 Å². The van der Waals surface area contributed by atoms with E-state index in [2.05, 4.69) is 10.3 Å². The third-order valence-electron chi connectivity index (χ3n) is 3.68. The summed E-state index contributed by atoms with van der Waals surface area (Å²) in [6.07, 6.45) is 3.49. The van der Waals surface area contributed by atoms with Crippen molar-refractivity contribution in [2.75, 3.05) is 12.4 Å². The smallest absolute Gasteiger partial charge is 0.261 e. The van der Waals surface area contributed by atoms with Crippen LogP contribution in [0.1, 0.15) is 39.2 Å². The molecule has 3 rings (SSSR count). The van der Waals surface area contributed by atoms with Gasteiger partial charge in [-0.2, -0.15) is 0 Å². The van der Waals surface area contributed by atoms with E-state index in [1.165, 1.54) is 7.05 Å². The third-order valence-corrected chi connectivity index (χ3v) is 3.68. The summed E-state index contributed by atoms with van der Waals surface area (Å²) in [5, 5.41) is 3.33. The van der Waals surface area contributed by atoms with E-state index in [1.807, 2.05) is 25.1 Å². The van der Waals surface area contributed by atoms with Gasteiger partial charge in [-0.25, -0.2) is 0 Å². The zero-order chi connectivity index (χ0) is 15.0. The van der Waals surface area contributed by atoms with Gasteiger partial charge in [-0.1, -0.05) is 0 Å². The normalized spacial score (nSPS) is 15.0. The maximum Gasteiger partial charge on any atom is 0.261 e. The standard InChI is InChI=1S/C16H15N3O2/c1-10(11-5-7-17-8-6-11)18-12-3-4-13-14(9-12)16(21)19(2)15(13)20/h3-10,18H,1-2H3. The molecule has 1 aromatic carbocycles. The molecule has 0 fully saturated rings. The fourth-order valence-electron chi connectivity index (χ4n) is 2.44. The van der Waals surface area contributed by atoms with Crippen molar-refractivity contribution in [1.82, 2.24) is 9.88 Å². The highest BCUT2D eigenvalue weighted by Gasteiger charge is 2.32. The van der Waals surface area contributed by atoms with Crippen LogP contribution < -0.4 is 5.32 Å². The molecule has 106 valence electrons. The van der Waals surface area contributed by atoms with Crippen LogP contribution >= 0.6 is 0 Å². The molecule has 2 amide bonds. The first kappa shape index (κ1) is 13.3. The van der Waals surface area contributed by atoms with E-state index in [9.17, 15) is 9.59 Å². The zero-order valence-corrected chi connectivity index (χ0v) is 11.8. The molecule has 1 aromatic heterocycles. The number of fused-ring (bicyclic) bond motifs is 1. The number of anilines is 1. The van der Waals surface area contributed by atoms with Crippen molar-refractivity contribution < 1.29 is 9.59 Å². The van der Waals surface area contributed by atoms with E-state index in [-0.39, 0.29) is 17.9 Å². The average molecular weight is 281 g/mol. The van der Waals surface area contributed by atoms with Gasteiger partial charge in [0.2, 0.25) is 0 Å². The number of nitrogens with one attached hydrogen (secondary N) is 1. The molecule has 0 saturated heterocycles. The van der Waals surface area contributed by atoms with Crippen LogP contribution in [0.4, 0.5) is 5.69 Å². The first-order chi connectivity index (χ1) is 10.1. The van der Waals surface area contributed by atoms with E-state index in [1.54, 1.807) is 24.5 Å². The quantitative estimate of drug-likeness (QED) is 0.878. The number of rotatable bonds is 3. The Morgan fingerprint density at radius 3 is 2.43 bits per heavy atom. The monoisotopic (exact) mass is 281 g/mol. The molecule has 5 nitrogen and oxygen atoms in total. The van der Waals surface area contributed by atoms with Crippen molar-refractivity contribution in [2.45, 2.75) is 13.0 Å². The second-order valence-corrected chi connectivity index (χ2v) is 5.08. The Kier molecular flexibility index (Phi) is 3.17. The van der Waals surface area contributed by atoms with Crippen molar-refractivity contribution in [3.8, 4) is 0 Å². The van der Waals surface area contributed by atoms with Crippen LogP contribution in [0.25, 0.3) is 0 Å². The average Bonchev–Trinajstić information content (AvgIpc) is 2.73. The number of imide groups is 1. The summed E-state index contributed by atoms with van der Waals surface area (Å²) in [5.74, 6) is -0.501. The minimum Gasteiger partial charge on any atom is -0.378 e. The number of aromatic nitrogens is 1. The summed E-state index contributed by atoms with van der Waals surface area (Å²) in [5.41, 5.74) is 2.83. The van der Waals surface area contributed by atoms with Gasteiger partial charge < -0.3 is 5.32 Å². The first-order valence-corrected chi connectivity index (χ1v) is 6.71. The van der Waals surface area contributed by atoms with Crippen molar-refractivity contribution in [3.63, 3.8) is 0 Å². The zero-order valence-electron chi connectivity index (χ0n) is 11.8. The van der Waals surface area contributed by atoms with Crippen molar-refractivity contribution >= 4 is 17.5 Å². The van der Waals surface area contributed by atoms with E-state index < -0.39 is 0 Å². The van der Waals surface area contributed by atoms with Gasteiger partial charge in [0.05, 0.1) is 11.1 Å². The maximum atomic E-state index is 12.0. The van der Waals surface area contributed by atoms with Crippen LogP contribution in [0.5, 0.6) is 0 Å². The highest BCUT2D eigenvalue weighted by atomic mass is 16.2. The Labute approximate surface area is 122 Å². The third kappa shape index (κ3) is 2.27. The maximum absolute atomic E-state index is 12.0. The highest BCUT2D eigenvalue weighted by Crippen LogP contribution is 2.26. The fourth-order valence-corrected chi connectivity index (χ4v) is 2.44. The molecular formula is C16H15N3O2. The number of carbonyl (C=O) groups is 2. The molecule has 0 radical (unpaired) electrons. The molecule has 0 bridgehead atoms. The summed E-state index contributed by atoms with van der Waals surface area (Å²) in [6, 6.07) is 9.20. The van der Waals surface area contributed by atoms with Crippen molar-refractivity contribution in [1.29, 1.82) is 0 Å². The molecule has 5 heteroatoms. The van der Waals surface area contributed by atoms with E-state index in [0.717, 1.165) is 16.2 Å². The number of carbonyl (C=O) groups excluding carboxylic acids is 2. The predicted molar refractivity (Wildman–Crippen MR) is 79.1 cm³/mol. The molecule has 0 spiro atoms. The highest BCUT2D eigenvalue weighted by molar-refractivity contribution is 6.21. The van der Waals surface area contributed by atoms with Crippen LogP contribution in [0, 0.1) is 0 Å². The Morgan fingerprint density at radius 1 is 1.05 bits per heavy atom. The van der Waals surface area contributed by atoms with Gasteiger partial charge in [0.25, 0.3) is 11.8 Å². The fraction of sp³-hybridized carbons (Fsp3) is 0.188. The van der Waals surface area contributed by atoms with Gasteiger partial charge in [0.15, 0.2) is 0 Å². The number of hydrogen-bond acceptors (Lipinski definition) is 4. The number of nitrogens with zero attached hydrogens (tertiary/aromatic N) is 2. The molecule has 2 aromatic rings. The molecular weight excluding hydrogens is 266 g/mol. The van der Waals surface area contributed by atoms with E-state index >= 15 is 0 Å². The summed E-state index contributed by atoms with van der Waals surface area (Å²) < 4.78 is 0. The molecule has 1 N–H and O–H groups in total. The Hall–Kier alpha value is -2.69. The number of hydrogen-bond donors (Lipinski definition) is 1. The SMILES string of the molecule is CC(Nc1ccc2c(c1)C(=O)N(C)C2=O)c1ccncc1. The van der Waals surface area contributed by atoms with Gasteiger partial charge in [-0.05, 0) is 42.8 Å². The topological polar surface area (TPSA) is 62.3 Å². The lowest BCUT2D eigenvalue weighted by atomic mass is 10.1. The van der Waals surface area contributed by atoms with Crippen LogP contribution in [0.15, 0.2) is 42.7 Å². The summed E-state index contributed by atoms with van der Waals surface area (Å²) in [4.78, 5) is 29.0. The molecule has 1 aliphatic rings. The lowest BCUT2D eigenvalue weighted by molar-refractivity contribution is 0.0693. The van der Waals surface area contributed by atoms with Gasteiger partial charge in [-0.15, -0.1) is 0 Å². The molecule has 1 atom stereocenters. The molecule has 1 unspecified atom stereocenters. The van der Waals surface area contributed by atoms with Gasteiger partial charge in [-0.3, -0.25) is 19.5 Å². The van der Waals surface area contributed by atoms with Crippen molar-refractivity contribution in [3.05, 3.63) is 59.4 Å². The second kappa shape index (κ2) is 5.01. The molecule has 2 heterocycles. The Balaban J connectivity index is 1.86. The molecule has 0 aliphatic carbocycles. The predicted octanol–water partition coefficient (Wildman–Crippen LogP) is 2.48.